The zero-order chi connectivity index (χ0) is 17.0. The maximum atomic E-state index is 12.2. The summed E-state index contributed by atoms with van der Waals surface area (Å²) < 4.78 is 5.27. The second-order valence-electron chi connectivity index (χ2n) is 6.68. The molecule has 5 N–H and O–H groups in total. The van der Waals surface area contributed by atoms with Gasteiger partial charge in [-0.15, -0.1) is 0 Å². The van der Waals surface area contributed by atoms with Gasteiger partial charge in [0.05, 0.1) is 5.56 Å². The van der Waals surface area contributed by atoms with Crippen LogP contribution in [0.25, 0.3) is 0 Å². The Labute approximate surface area is 136 Å². The van der Waals surface area contributed by atoms with E-state index in [0.717, 1.165) is 25.9 Å². The smallest absolute Gasteiger partial charge is 0.357 e. The van der Waals surface area contributed by atoms with Crippen molar-refractivity contribution < 1.29 is 9.53 Å². The molecule has 1 aliphatic heterocycles. The Morgan fingerprint density at radius 2 is 2.26 bits per heavy atom. The topological polar surface area (TPSA) is 113 Å². The molecule has 1 saturated heterocycles. The van der Waals surface area contributed by atoms with Crippen molar-refractivity contribution in [3.63, 3.8) is 0 Å². The molecular formula is C16H25N5O2. The summed E-state index contributed by atoms with van der Waals surface area (Å²) in [5.74, 6) is -0.559. The largest absolute Gasteiger partial charge is 0.455 e. The predicted octanol–water partition coefficient (Wildman–Crippen LogP) is 1.54. The average Bonchev–Trinajstić information content (AvgIpc) is 2.46. The van der Waals surface area contributed by atoms with Crippen LogP contribution in [0.2, 0.25) is 0 Å². The summed E-state index contributed by atoms with van der Waals surface area (Å²) in [6.45, 7) is 7.13. The zero-order valence-corrected chi connectivity index (χ0v) is 13.9. The summed E-state index contributed by atoms with van der Waals surface area (Å²) in [7, 11) is 0. The van der Waals surface area contributed by atoms with Crippen LogP contribution in [0.3, 0.4) is 0 Å². The summed E-state index contributed by atoms with van der Waals surface area (Å²) >= 11 is 0. The standard InChI is InChI=1S/C16H25N5O2/c1-16(2,3)23-15(22)13(17)12-11(6-8-20-14(12)18)21-10-5-4-7-19-9-10/h6,8,10,17,19H,4-5,7,9H2,1-3H3,(H3,18,20,21)/t10-/m1/s1. The number of nitrogen functional groups attached to an aromatic ring is 1. The number of nitrogens with zero attached hydrogens (tertiary/aromatic N) is 1. The molecule has 0 saturated carbocycles. The second-order valence-corrected chi connectivity index (χ2v) is 6.68. The van der Waals surface area contributed by atoms with E-state index in [1.54, 1.807) is 33.0 Å². The Bertz CT molecular complexity index is 589. The van der Waals surface area contributed by atoms with Gasteiger partial charge < -0.3 is 21.1 Å². The maximum Gasteiger partial charge on any atom is 0.357 e. The molecule has 1 aliphatic rings. The van der Waals surface area contributed by atoms with Crippen molar-refractivity contribution in [2.45, 2.75) is 45.3 Å². The number of nitrogens with two attached hydrogens (primary N) is 1. The molecule has 0 bridgehead atoms. The zero-order valence-electron chi connectivity index (χ0n) is 13.9. The molecule has 2 rings (SSSR count). The molecule has 7 nitrogen and oxygen atoms in total. The van der Waals surface area contributed by atoms with Crippen LogP contribution in [0.15, 0.2) is 12.3 Å². The lowest BCUT2D eigenvalue weighted by Crippen LogP contribution is -2.39. The first kappa shape index (κ1) is 17.2. The maximum absolute atomic E-state index is 12.2. The number of carbonyl (C=O) groups is 1. The average molecular weight is 319 g/mol. The Balaban J connectivity index is 2.22. The van der Waals surface area contributed by atoms with Crippen molar-refractivity contribution in [3.05, 3.63) is 17.8 Å². The molecule has 0 spiro atoms. The molecule has 2 heterocycles. The molecule has 23 heavy (non-hydrogen) atoms. The minimum atomic E-state index is -0.706. The Morgan fingerprint density at radius 1 is 1.52 bits per heavy atom. The van der Waals surface area contributed by atoms with Crippen molar-refractivity contribution in [2.24, 2.45) is 0 Å². The quantitative estimate of drug-likeness (QED) is 0.494. The molecule has 0 amide bonds. The van der Waals surface area contributed by atoms with Crippen LogP contribution in [0.1, 0.15) is 39.2 Å². The molecule has 0 radical (unpaired) electrons. The van der Waals surface area contributed by atoms with E-state index in [-0.39, 0.29) is 17.6 Å². The third-order valence-corrected chi connectivity index (χ3v) is 3.49. The molecular weight excluding hydrogens is 294 g/mol. The Kier molecular flexibility index (Phi) is 5.20. The van der Waals surface area contributed by atoms with Crippen molar-refractivity contribution >= 4 is 23.2 Å². The number of piperidine rings is 1. The number of hydrogen-bond acceptors (Lipinski definition) is 7. The monoisotopic (exact) mass is 319 g/mol. The molecule has 7 heteroatoms. The summed E-state index contributed by atoms with van der Waals surface area (Å²) in [4.78, 5) is 16.2. The highest BCUT2D eigenvalue weighted by Crippen LogP contribution is 2.24. The van der Waals surface area contributed by atoms with Gasteiger partial charge in [0.1, 0.15) is 11.4 Å². The first-order chi connectivity index (χ1) is 10.8. The van der Waals surface area contributed by atoms with Gasteiger partial charge in [-0.3, -0.25) is 5.41 Å². The number of pyridine rings is 1. The van der Waals surface area contributed by atoms with E-state index < -0.39 is 11.6 Å². The van der Waals surface area contributed by atoms with Crippen molar-refractivity contribution in [1.82, 2.24) is 10.3 Å². The number of carbonyl (C=O) groups excluding carboxylic acids is 1. The van der Waals surface area contributed by atoms with Crippen molar-refractivity contribution in [3.8, 4) is 0 Å². The number of nitrogens with one attached hydrogen (secondary N) is 3. The minimum Gasteiger partial charge on any atom is -0.455 e. The predicted molar refractivity (Wildman–Crippen MR) is 90.8 cm³/mol. The lowest BCUT2D eigenvalue weighted by atomic mass is 10.0. The van der Waals surface area contributed by atoms with Crippen LogP contribution in [0.4, 0.5) is 11.5 Å². The van der Waals surface area contributed by atoms with Crippen LogP contribution >= 0.6 is 0 Å². The summed E-state index contributed by atoms with van der Waals surface area (Å²) in [5.41, 5.74) is 5.91. The van der Waals surface area contributed by atoms with Crippen LogP contribution in [0, 0.1) is 5.41 Å². The first-order valence-corrected chi connectivity index (χ1v) is 7.82. The van der Waals surface area contributed by atoms with Gasteiger partial charge in [-0.1, -0.05) is 0 Å². The van der Waals surface area contributed by atoms with Crippen LogP contribution in [0.5, 0.6) is 0 Å². The molecule has 0 aliphatic carbocycles. The Hall–Kier alpha value is -2.15. The fourth-order valence-corrected chi connectivity index (χ4v) is 2.49. The molecule has 1 fully saturated rings. The van der Waals surface area contributed by atoms with E-state index in [1.807, 2.05) is 0 Å². The number of esters is 1. The van der Waals surface area contributed by atoms with E-state index in [0.29, 0.717) is 11.3 Å². The lowest BCUT2D eigenvalue weighted by molar-refractivity contribution is -0.146. The van der Waals surface area contributed by atoms with E-state index in [4.69, 9.17) is 15.9 Å². The fourth-order valence-electron chi connectivity index (χ4n) is 2.49. The SMILES string of the molecule is CC(C)(C)OC(=O)C(=N)c1c(N[C@@H]2CCCNC2)ccnc1N. The van der Waals surface area contributed by atoms with Gasteiger partial charge in [-0.05, 0) is 46.2 Å². The number of rotatable bonds is 4. The van der Waals surface area contributed by atoms with Crippen molar-refractivity contribution in [1.29, 1.82) is 5.41 Å². The van der Waals surface area contributed by atoms with Gasteiger partial charge >= 0.3 is 5.97 Å². The summed E-state index contributed by atoms with van der Waals surface area (Å²) in [6.07, 6.45) is 3.67. The van der Waals surface area contributed by atoms with Gasteiger partial charge in [-0.2, -0.15) is 0 Å². The third kappa shape index (κ3) is 4.66. The molecule has 126 valence electrons. The number of anilines is 2. The second kappa shape index (κ2) is 6.95. The molecule has 1 aromatic heterocycles. The Morgan fingerprint density at radius 3 is 2.87 bits per heavy atom. The van der Waals surface area contributed by atoms with Gasteiger partial charge in [0.15, 0.2) is 5.71 Å². The normalized spacial score (nSPS) is 18.3. The number of aromatic nitrogens is 1. The highest BCUT2D eigenvalue weighted by molar-refractivity contribution is 6.44. The van der Waals surface area contributed by atoms with Crippen molar-refractivity contribution in [2.75, 3.05) is 24.1 Å². The molecule has 0 unspecified atom stereocenters. The highest BCUT2D eigenvalue weighted by Gasteiger charge is 2.26. The lowest BCUT2D eigenvalue weighted by Gasteiger charge is -2.26. The van der Waals surface area contributed by atoms with Crippen LogP contribution in [-0.4, -0.2) is 41.4 Å². The van der Waals surface area contributed by atoms with Gasteiger partial charge in [0.25, 0.3) is 0 Å². The fraction of sp³-hybridized carbons (Fsp3) is 0.562. The van der Waals surface area contributed by atoms with Gasteiger partial charge in [-0.25, -0.2) is 9.78 Å². The number of hydrogen-bond donors (Lipinski definition) is 4. The highest BCUT2D eigenvalue weighted by atomic mass is 16.6. The van der Waals surface area contributed by atoms with Gasteiger partial charge in [0.2, 0.25) is 0 Å². The van der Waals surface area contributed by atoms with Crippen LogP contribution in [-0.2, 0) is 9.53 Å². The van der Waals surface area contributed by atoms with E-state index in [9.17, 15) is 4.79 Å². The third-order valence-electron chi connectivity index (χ3n) is 3.49. The van der Waals surface area contributed by atoms with Crippen LogP contribution < -0.4 is 16.4 Å². The summed E-state index contributed by atoms with van der Waals surface area (Å²) in [5, 5.41) is 14.8. The first-order valence-electron chi connectivity index (χ1n) is 7.82. The van der Waals surface area contributed by atoms with E-state index in [1.165, 1.54) is 0 Å². The number of ether oxygens (including phenoxy) is 1. The van der Waals surface area contributed by atoms with E-state index in [2.05, 4.69) is 15.6 Å². The van der Waals surface area contributed by atoms with Gasteiger partial charge in [0, 0.05) is 24.5 Å². The van der Waals surface area contributed by atoms with E-state index >= 15 is 0 Å². The molecule has 0 aromatic carbocycles. The molecule has 1 atom stereocenters. The molecule has 1 aromatic rings. The summed E-state index contributed by atoms with van der Waals surface area (Å²) in [6, 6.07) is 1.97. The minimum absolute atomic E-state index is 0.148.